The Bertz CT molecular complexity index is 500. The van der Waals surface area contributed by atoms with Gasteiger partial charge in [-0.15, -0.1) is 0 Å². The predicted octanol–water partition coefficient (Wildman–Crippen LogP) is 3.47. The third-order valence-electron chi connectivity index (χ3n) is 3.80. The molecule has 2 amide bonds. The highest BCUT2D eigenvalue weighted by molar-refractivity contribution is 6.01. The number of nitrogens with zero attached hydrogens (tertiary/aromatic N) is 2. The number of aryl methyl sites for hydroxylation is 2. The van der Waals surface area contributed by atoms with Gasteiger partial charge >= 0.3 is 6.03 Å². The van der Waals surface area contributed by atoms with Gasteiger partial charge in [0.15, 0.2) is 0 Å². The highest BCUT2D eigenvalue weighted by Crippen LogP contribution is 2.23. The highest BCUT2D eigenvalue weighted by Gasteiger charge is 2.16. The summed E-state index contributed by atoms with van der Waals surface area (Å²) in [6.45, 7) is 5.18. The van der Waals surface area contributed by atoms with Gasteiger partial charge in [-0.25, -0.2) is 4.79 Å². The molecule has 1 fully saturated rings. The van der Waals surface area contributed by atoms with Crippen molar-refractivity contribution in [3.8, 4) is 0 Å². The second kappa shape index (κ2) is 6.55. The van der Waals surface area contributed by atoms with E-state index in [1.54, 1.807) is 0 Å². The Hall–Kier alpha value is -1.84. The predicted molar refractivity (Wildman–Crippen MR) is 83.5 cm³/mol. The fourth-order valence-electron chi connectivity index (χ4n) is 2.59. The molecule has 4 nitrogen and oxygen atoms in total. The number of amides is 2. The molecule has 4 heteroatoms. The summed E-state index contributed by atoms with van der Waals surface area (Å²) in [5.41, 5.74) is 3.27. The number of rotatable bonds is 3. The van der Waals surface area contributed by atoms with Crippen LogP contribution in [0.25, 0.3) is 0 Å². The Morgan fingerprint density at radius 2 is 1.95 bits per heavy atom. The molecular formula is C16H23N3O. The topological polar surface area (TPSA) is 44.7 Å². The molecule has 20 heavy (non-hydrogen) atoms. The van der Waals surface area contributed by atoms with E-state index in [0.29, 0.717) is 0 Å². The number of carbonyl (C=O) groups is 1. The Morgan fingerprint density at radius 3 is 2.45 bits per heavy atom. The van der Waals surface area contributed by atoms with Crippen molar-refractivity contribution in [2.75, 3.05) is 18.9 Å². The van der Waals surface area contributed by atoms with Crippen molar-refractivity contribution in [3.63, 3.8) is 0 Å². The van der Waals surface area contributed by atoms with E-state index in [-0.39, 0.29) is 6.03 Å². The average molecular weight is 273 g/mol. The largest absolute Gasteiger partial charge is 0.363 e. The average Bonchev–Trinajstić information content (AvgIpc) is 2.84. The Kier molecular flexibility index (Phi) is 4.77. The lowest BCUT2D eigenvalue weighted by Gasteiger charge is -2.14. The lowest BCUT2D eigenvalue weighted by molar-refractivity contribution is 0.259. The molecule has 1 N–H and O–H groups in total. The van der Waals surface area contributed by atoms with Crippen molar-refractivity contribution in [2.24, 2.45) is 4.99 Å². The minimum absolute atomic E-state index is 0.260. The number of para-hydroxylation sites is 1. The number of hydrogen-bond donors (Lipinski definition) is 1. The van der Waals surface area contributed by atoms with Crippen molar-refractivity contribution in [1.82, 2.24) is 4.90 Å². The maximum absolute atomic E-state index is 12.1. The van der Waals surface area contributed by atoms with Crippen molar-refractivity contribution >= 4 is 17.6 Å². The van der Waals surface area contributed by atoms with Crippen LogP contribution in [-0.4, -0.2) is 30.4 Å². The molecule has 1 heterocycles. The fourth-order valence-corrected chi connectivity index (χ4v) is 2.59. The number of anilines is 1. The number of carbonyl (C=O) groups excluding carboxylic acids is 1. The van der Waals surface area contributed by atoms with Gasteiger partial charge in [-0.05, 0) is 30.4 Å². The molecule has 1 aromatic carbocycles. The van der Waals surface area contributed by atoms with E-state index in [2.05, 4.69) is 36.3 Å². The summed E-state index contributed by atoms with van der Waals surface area (Å²) in [6, 6.07) is 5.90. The van der Waals surface area contributed by atoms with Gasteiger partial charge in [-0.2, -0.15) is 4.99 Å². The number of nitrogens with one attached hydrogen (secondary N) is 1. The molecule has 108 valence electrons. The fraction of sp³-hybridized carbons (Fsp3) is 0.500. The molecule has 0 atom stereocenters. The number of urea groups is 1. The van der Waals surface area contributed by atoms with Gasteiger partial charge in [-0.1, -0.05) is 32.0 Å². The van der Waals surface area contributed by atoms with Gasteiger partial charge in [0, 0.05) is 25.7 Å². The van der Waals surface area contributed by atoms with Gasteiger partial charge in [0.05, 0.1) is 0 Å². The van der Waals surface area contributed by atoms with E-state index < -0.39 is 0 Å². The van der Waals surface area contributed by atoms with Crippen LogP contribution in [-0.2, 0) is 12.8 Å². The van der Waals surface area contributed by atoms with Crippen LogP contribution in [0.3, 0.4) is 0 Å². The molecule has 0 bridgehead atoms. The van der Waals surface area contributed by atoms with Crippen LogP contribution in [0, 0.1) is 0 Å². The summed E-state index contributed by atoms with van der Waals surface area (Å²) in [6.07, 6.45) is 3.77. The van der Waals surface area contributed by atoms with E-state index >= 15 is 0 Å². The highest BCUT2D eigenvalue weighted by atomic mass is 16.2. The number of benzene rings is 1. The molecule has 1 aliphatic rings. The summed E-state index contributed by atoms with van der Waals surface area (Å²) in [5.74, 6) is 0.884. The van der Waals surface area contributed by atoms with Crippen LogP contribution < -0.4 is 5.32 Å². The van der Waals surface area contributed by atoms with E-state index in [1.165, 1.54) is 0 Å². The molecule has 0 saturated carbocycles. The van der Waals surface area contributed by atoms with Crippen molar-refractivity contribution < 1.29 is 4.79 Å². The Labute approximate surface area is 120 Å². The summed E-state index contributed by atoms with van der Waals surface area (Å²) in [5, 5.41) is 2.98. The molecule has 2 rings (SSSR count). The maximum atomic E-state index is 12.1. The van der Waals surface area contributed by atoms with E-state index in [0.717, 1.165) is 54.9 Å². The monoisotopic (exact) mass is 273 g/mol. The Morgan fingerprint density at radius 1 is 1.30 bits per heavy atom. The summed E-state index contributed by atoms with van der Waals surface area (Å²) in [4.78, 5) is 18.4. The molecule has 1 aromatic rings. The lowest BCUT2D eigenvalue weighted by Crippen LogP contribution is -2.22. The van der Waals surface area contributed by atoms with Gasteiger partial charge < -0.3 is 10.2 Å². The molecule has 0 unspecified atom stereocenters. The lowest BCUT2D eigenvalue weighted by atomic mass is 10.0. The molecule has 1 aliphatic heterocycles. The molecule has 1 saturated heterocycles. The molecule has 0 aromatic heterocycles. The zero-order valence-electron chi connectivity index (χ0n) is 12.6. The number of hydrogen-bond acceptors (Lipinski definition) is 1. The van der Waals surface area contributed by atoms with E-state index in [4.69, 9.17) is 0 Å². The summed E-state index contributed by atoms with van der Waals surface area (Å²) < 4.78 is 0. The number of aliphatic imine (C=N–C) groups is 1. The minimum Gasteiger partial charge on any atom is -0.363 e. The zero-order chi connectivity index (χ0) is 14.5. The second-order valence-electron chi connectivity index (χ2n) is 5.14. The SMILES string of the molecule is CCc1cccc(CC)c1NC(=O)/N=C1/CCCN1C. The van der Waals surface area contributed by atoms with Crippen LogP contribution in [0.15, 0.2) is 23.2 Å². The quantitative estimate of drug-likeness (QED) is 0.916. The van der Waals surface area contributed by atoms with Crippen molar-refractivity contribution in [2.45, 2.75) is 39.5 Å². The van der Waals surface area contributed by atoms with Gasteiger partial charge in [0.2, 0.25) is 0 Å². The van der Waals surface area contributed by atoms with Crippen LogP contribution >= 0.6 is 0 Å². The van der Waals surface area contributed by atoms with E-state index in [9.17, 15) is 4.79 Å². The normalized spacial score (nSPS) is 16.8. The number of amidine groups is 1. The van der Waals surface area contributed by atoms with Gasteiger partial charge in [-0.3, -0.25) is 0 Å². The first-order valence-electron chi connectivity index (χ1n) is 7.36. The van der Waals surface area contributed by atoms with Crippen LogP contribution in [0.5, 0.6) is 0 Å². The van der Waals surface area contributed by atoms with Crippen LogP contribution in [0.1, 0.15) is 37.8 Å². The smallest absolute Gasteiger partial charge is 0.347 e. The number of likely N-dealkylation sites (tertiary alicyclic amines) is 1. The third-order valence-corrected chi connectivity index (χ3v) is 3.80. The molecule has 0 spiro atoms. The van der Waals surface area contributed by atoms with Gasteiger partial charge in [0.25, 0.3) is 0 Å². The first-order chi connectivity index (χ1) is 9.65. The summed E-state index contributed by atoms with van der Waals surface area (Å²) >= 11 is 0. The summed E-state index contributed by atoms with van der Waals surface area (Å²) in [7, 11) is 1.98. The molecular weight excluding hydrogens is 250 g/mol. The third kappa shape index (κ3) is 3.18. The van der Waals surface area contributed by atoms with E-state index in [1.807, 2.05) is 18.0 Å². The standard InChI is InChI=1S/C16H23N3O/c1-4-12-8-6-9-13(5-2)15(12)18-16(20)17-14-10-7-11-19(14)3/h6,8-9H,4-5,7,10-11H2,1-3H3,(H,18,20)/b17-14-. The molecule has 0 aliphatic carbocycles. The van der Waals surface area contributed by atoms with Crippen LogP contribution in [0.2, 0.25) is 0 Å². The zero-order valence-corrected chi connectivity index (χ0v) is 12.6. The van der Waals surface area contributed by atoms with Crippen molar-refractivity contribution in [3.05, 3.63) is 29.3 Å². The second-order valence-corrected chi connectivity index (χ2v) is 5.14. The maximum Gasteiger partial charge on any atom is 0.347 e. The minimum atomic E-state index is -0.260. The van der Waals surface area contributed by atoms with Crippen LogP contribution in [0.4, 0.5) is 10.5 Å². The van der Waals surface area contributed by atoms with Gasteiger partial charge in [0.1, 0.15) is 5.84 Å². The Balaban J connectivity index is 2.19. The molecule has 0 radical (unpaired) electrons. The van der Waals surface area contributed by atoms with Crippen molar-refractivity contribution in [1.29, 1.82) is 0 Å². The first kappa shape index (κ1) is 14.6. The first-order valence-corrected chi connectivity index (χ1v) is 7.36.